The van der Waals surface area contributed by atoms with E-state index in [1.165, 1.54) is 4.68 Å². The summed E-state index contributed by atoms with van der Waals surface area (Å²) in [7, 11) is 0. The van der Waals surface area contributed by atoms with Crippen molar-refractivity contribution in [1.29, 1.82) is 0 Å². The number of nitrogens with zero attached hydrogens (tertiary/aromatic N) is 2. The minimum atomic E-state index is -4.37. The number of carbonyl (C=O) groups is 1. The van der Waals surface area contributed by atoms with Crippen molar-refractivity contribution in [2.75, 3.05) is 19.7 Å². The Morgan fingerprint density at radius 1 is 1.12 bits per heavy atom. The van der Waals surface area contributed by atoms with Crippen LogP contribution in [0.1, 0.15) is 10.5 Å². The Kier molecular flexibility index (Phi) is 8.80. The number of benzene rings is 2. The van der Waals surface area contributed by atoms with E-state index in [1.54, 1.807) is 48.5 Å². The van der Waals surface area contributed by atoms with Gasteiger partial charge in [-0.25, -0.2) is 9.48 Å². The Balaban J connectivity index is 0.00000363. The first-order valence-electron chi connectivity index (χ1n) is 8.95. The van der Waals surface area contributed by atoms with E-state index in [9.17, 15) is 23.1 Å². The molecule has 0 atom stereocenters. The molecule has 0 aliphatic heterocycles. The van der Waals surface area contributed by atoms with Crippen molar-refractivity contribution in [3.63, 3.8) is 0 Å². The van der Waals surface area contributed by atoms with Gasteiger partial charge in [-0.15, -0.1) is 12.4 Å². The van der Waals surface area contributed by atoms with Gasteiger partial charge in [0.15, 0.2) is 5.75 Å². The highest BCUT2D eigenvalue weighted by Gasteiger charge is 2.28. The summed E-state index contributed by atoms with van der Waals surface area (Å²) in [6.07, 6.45) is -4.37. The number of carboxylic acids is 1. The number of nitrogens with one attached hydrogen (secondary N) is 1. The van der Waals surface area contributed by atoms with Crippen LogP contribution in [0.25, 0.3) is 16.9 Å². The lowest BCUT2D eigenvalue weighted by Gasteiger charge is -2.13. The molecule has 0 unspecified atom stereocenters. The summed E-state index contributed by atoms with van der Waals surface area (Å²) >= 11 is 12.2. The zero-order valence-electron chi connectivity index (χ0n) is 16.2. The van der Waals surface area contributed by atoms with E-state index in [-0.39, 0.29) is 37.0 Å². The van der Waals surface area contributed by atoms with Gasteiger partial charge in [0.2, 0.25) is 5.69 Å². The summed E-state index contributed by atoms with van der Waals surface area (Å²) in [5.41, 5.74) is 0.808. The van der Waals surface area contributed by atoms with Crippen LogP contribution in [0.2, 0.25) is 10.0 Å². The predicted octanol–water partition coefficient (Wildman–Crippen LogP) is 5.50. The van der Waals surface area contributed by atoms with E-state index in [4.69, 9.17) is 27.9 Å². The van der Waals surface area contributed by atoms with Crippen molar-refractivity contribution < 1.29 is 27.8 Å². The molecule has 1 aromatic heterocycles. The van der Waals surface area contributed by atoms with E-state index in [2.05, 4.69) is 10.4 Å². The minimum Gasteiger partial charge on any atom is -0.487 e. The summed E-state index contributed by atoms with van der Waals surface area (Å²) in [5, 5.41) is 16.8. The van der Waals surface area contributed by atoms with Crippen molar-refractivity contribution >= 4 is 41.6 Å². The molecule has 0 aliphatic carbocycles. The van der Waals surface area contributed by atoms with Gasteiger partial charge in [-0.1, -0.05) is 47.5 Å². The van der Waals surface area contributed by atoms with E-state index < -0.39 is 24.4 Å². The molecule has 0 saturated heterocycles. The first-order valence-corrected chi connectivity index (χ1v) is 9.70. The van der Waals surface area contributed by atoms with Crippen molar-refractivity contribution in [3.05, 3.63) is 64.3 Å². The molecule has 3 rings (SSSR count). The third-order valence-electron chi connectivity index (χ3n) is 4.09. The second kappa shape index (κ2) is 10.9. The number of rotatable bonds is 8. The number of alkyl halides is 3. The maximum Gasteiger partial charge on any atom is 0.401 e. The number of aromatic nitrogens is 2. The van der Waals surface area contributed by atoms with Crippen LogP contribution in [0, 0.1) is 0 Å². The van der Waals surface area contributed by atoms with Crippen LogP contribution < -0.4 is 10.1 Å². The van der Waals surface area contributed by atoms with Gasteiger partial charge in [-0.05, 0) is 24.3 Å². The van der Waals surface area contributed by atoms with Crippen LogP contribution in [-0.4, -0.2) is 46.7 Å². The molecule has 2 aromatic carbocycles. The molecular weight excluding hydrogens is 494 g/mol. The number of hydrogen-bond acceptors (Lipinski definition) is 4. The van der Waals surface area contributed by atoms with Gasteiger partial charge in [-0.3, -0.25) is 0 Å². The molecule has 0 spiro atoms. The summed E-state index contributed by atoms with van der Waals surface area (Å²) < 4.78 is 43.8. The maximum absolute atomic E-state index is 12.3. The second-order valence-electron chi connectivity index (χ2n) is 6.34. The molecule has 6 nitrogen and oxygen atoms in total. The lowest BCUT2D eigenvalue weighted by atomic mass is 10.1. The lowest BCUT2D eigenvalue weighted by molar-refractivity contribution is -0.124. The quantitative estimate of drug-likeness (QED) is 0.392. The smallest absolute Gasteiger partial charge is 0.401 e. The van der Waals surface area contributed by atoms with Gasteiger partial charge < -0.3 is 15.2 Å². The SMILES string of the molecule is Cl.O=C(O)c1nn(-c2ccccc2Cl)c(-c2ccc(Cl)cc2)c1OCCNCC(F)(F)F. The standard InChI is InChI=1S/C20H16Cl2F3N3O3.ClH/c21-13-7-5-12(6-8-13)17-18(31-10-9-26-11-20(23,24)25)16(19(29)30)27-28(17)15-4-2-1-3-14(15)22;/h1-8,26H,9-11H2,(H,29,30);1H. The normalized spacial score (nSPS) is 11.2. The minimum absolute atomic E-state index is 0. The fourth-order valence-corrected chi connectivity index (χ4v) is 3.14. The zero-order chi connectivity index (χ0) is 22.6. The van der Waals surface area contributed by atoms with Crippen LogP contribution in [0.4, 0.5) is 13.2 Å². The Morgan fingerprint density at radius 2 is 1.78 bits per heavy atom. The maximum atomic E-state index is 12.3. The summed E-state index contributed by atoms with van der Waals surface area (Å²) in [5.74, 6) is -1.46. The second-order valence-corrected chi connectivity index (χ2v) is 7.19. The van der Waals surface area contributed by atoms with Crippen molar-refractivity contribution in [2.24, 2.45) is 0 Å². The average Bonchev–Trinajstić information content (AvgIpc) is 3.07. The number of para-hydroxylation sites is 1. The fraction of sp³-hybridized carbons (Fsp3) is 0.200. The molecule has 32 heavy (non-hydrogen) atoms. The van der Waals surface area contributed by atoms with E-state index in [0.29, 0.717) is 21.3 Å². The zero-order valence-corrected chi connectivity index (χ0v) is 18.5. The molecule has 2 N–H and O–H groups in total. The molecule has 0 bridgehead atoms. The lowest BCUT2D eigenvalue weighted by Crippen LogP contribution is -2.31. The third-order valence-corrected chi connectivity index (χ3v) is 4.67. The fourth-order valence-electron chi connectivity index (χ4n) is 2.79. The molecule has 12 heteroatoms. The Bertz CT molecular complexity index is 1070. The number of halogens is 6. The van der Waals surface area contributed by atoms with Gasteiger partial charge in [0.25, 0.3) is 0 Å². The first-order chi connectivity index (χ1) is 14.7. The highest BCUT2D eigenvalue weighted by Crippen LogP contribution is 2.37. The number of ether oxygens (including phenoxy) is 1. The van der Waals surface area contributed by atoms with Crippen LogP contribution in [0.3, 0.4) is 0 Å². The van der Waals surface area contributed by atoms with Crippen LogP contribution in [0.15, 0.2) is 48.5 Å². The highest BCUT2D eigenvalue weighted by molar-refractivity contribution is 6.32. The summed E-state index contributed by atoms with van der Waals surface area (Å²) in [6.45, 7) is -1.56. The molecule has 0 radical (unpaired) electrons. The predicted molar refractivity (Wildman–Crippen MR) is 118 cm³/mol. The Hall–Kier alpha value is -2.46. The van der Waals surface area contributed by atoms with Gasteiger partial charge in [0.05, 0.1) is 17.3 Å². The molecule has 0 amide bonds. The van der Waals surface area contributed by atoms with Gasteiger partial charge in [0, 0.05) is 17.1 Å². The topological polar surface area (TPSA) is 76.4 Å². The van der Waals surface area contributed by atoms with E-state index in [1.807, 2.05) is 0 Å². The molecule has 3 aromatic rings. The van der Waals surface area contributed by atoms with Crippen LogP contribution in [0.5, 0.6) is 5.75 Å². The number of hydrogen-bond donors (Lipinski definition) is 2. The van der Waals surface area contributed by atoms with Gasteiger partial charge >= 0.3 is 12.1 Å². The Morgan fingerprint density at radius 3 is 2.38 bits per heavy atom. The number of carboxylic acid groups (broad SMARTS) is 1. The Labute approximate surface area is 197 Å². The molecular formula is C20H17Cl3F3N3O3. The molecule has 0 saturated carbocycles. The van der Waals surface area contributed by atoms with Crippen molar-refractivity contribution in [2.45, 2.75) is 6.18 Å². The van der Waals surface area contributed by atoms with Gasteiger partial charge in [0.1, 0.15) is 12.3 Å². The van der Waals surface area contributed by atoms with Crippen LogP contribution in [-0.2, 0) is 0 Å². The molecule has 1 heterocycles. The largest absolute Gasteiger partial charge is 0.487 e. The summed E-state index contributed by atoms with van der Waals surface area (Å²) in [6, 6.07) is 13.2. The third kappa shape index (κ3) is 6.29. The van der Waals surface area contributed by atoms with Crippen molar-refractivity contribution in [1.82, 2.24) is 15.1 Å². The summed E-state index contributed by atoms with van der Waals surface area (Å²) in [4.78, 5) is 11.8. The molecule has 0 fully saturated rings. The van der Waals surface area contributed by atoms with Crippen molar-refractivity contribution in [3.8, 4) is 22.7 Å². The molecule has 172 valence electrons. The molecule has 0 aliphatic rings. The van der Waals surface area contributed by atoms with Gasteiger partial charge in [-0.2, -0.15) is 18.3 Å². The highest BCUT2D eigenvalue weighted by atomic mass is 35.5. The average molecular weight is 511 g/mol. The van der Waals surface area contributed by atoms with Crippen LogP contribution >= 0.6 is 35.6 Å². The van der Waals surface area contributed by atoms with E-state index >= 15 is 0 Å². The number of aromatic carboxylic acids is 1. The monoisotopic (exact) mass is 509 g/mol. The van der Waals surface area contributed by atoms with E-state index in [0.717, 1.165) is 0 Å². The first kappa shape index (κ1) is 25.8.